The van der Waals surface area contributed by atoms with Crippen molar-refractivity contribution in [1.29, 1.82) is 0 Å². The summed E-state index contributed by atoms with van der Waals surface area (Å²) in [5, 5.41) is 8.25. The Morgan fingerprint density at radius 2 is 1.71 bits per heavy atom. The van der Waals surface area contributed by atoms with Gasteiger partial charge in [-0.15, -0.1) is 10.2 Å². The molecule has 1 heterocycles. The lowest BCUT2D eigenvalue weighted by molar-refractivity contribution is 0.0772. The van der Waals surface area contributed by atoms with E-state index in [9.17, 15) is 4.79 Å². The van der Waals surface area contributed by atoms with E-state index in [0.717, 1.165) is 16.7 Å². The monoisotopic (exact) mass is 377 g/mol. The van der Waals surface area contributed by atoms with Gasteiger partial charge in [-0.3, -0.25) is 4.79 Å². The predicted molar refractivity (Wildman–Crippen MR) is 110 cm³/mol. The molecular weight excluding hydrogens is 350 g/mol. The third-order valence-corrected chi connectivity index (χ3v) is 4.81. The van der Waals surface area contributed by atoms with Crippen LogP contribution in [-0.4, -0.2) is 28.1 Å². The molecule has 0 saturated heterocycles. The SMILES string of the molecule is Cc1ccc(C)c(C(=O)N(C)Cc2nnc(-c3ccc(C(C)(C)C)cc3)o2)c1. The van der Waals surface area contributed by atoms with Gasteiger partial charge in [-0.25, -0.2) is 0 Å². The molecule has 3 aromatic rings. The zero-order valence-corrected chi connectivity index (χ0v) is 17.4. The van der Waals surface area contributed by atoms with Crippen molar-refractivity contribution < 1.29 is 9.21 Å². The topological polar surface area (TPSA) is 59.2 Å². The Balaban J connectivity index is 1.73. The van der Waals surface area contributed by atoms with Gasteiger partial charge in [0.25, 0.3) is 5.91 Å². The van der Waals surface area contributed by atoms with E-state index in [1.165, 1.54) is 5.56 Å². The van der Waals surface area contributed by atoms with Crippen LogP contribution in [0.2, 0.25) is 0 Å². The molecule has 28 heavy (non-hydrogen) atoms. The zero-order valence-electron chi connectivity index (χ0n) is 17.4. The van der Waals surface area contributed by atoms with Gasteiger partial charge in [0.1, 0.15) is 0 Å². The molecular formula is C23H27N3O2. The molecule has 0 saturated carbocycles. The predicted octanol–water partition coefficient (Wildman–Crippen LogP) is 4.92. The fraction of sp³-hybridized carbons (Fsp3) is 0.348. The Morgan fingerprint density at radius 3 is 2.36 bits per heavy atom. The maximum atomic E-state index is 12.8. The lowest BCUT2D eigenvalue weighted by Gasteiger charge is -2.18. The number of benzene rings is 2. The molecule has 0 radical (unpaired) electrons. The van der Waals surface area contributed by atoms with Crippen LogP contribution in [0.25, 0.3) is 11.5 Å². The number of hydrogen-bond acceptors (Lipinski definition) is 4. The number of aromatic nitrogens is 2. The summed E-state index contributed by atoms with van der Waals surface area (Å²) in [6.07, 6.45) is 0. The van der Waals surface area contributed by atoms with Crippen LogP contribution in [0.5, 0.6) is 0 Å². The van der Waals surface area contributed by atoms with Crippen LogP contribution in [-0.2, 0) is 12.0 Å². The third-order valence-electron chi connectivity index (χ3n) is 4.81. The van der Waals surface area contributed by atoms with Crippen LogP contribution in [0, 0.1) is 13.8 Å². The van der Waals surface area contributed by atoms with E-state index in [1.54, 1.807) is 11.9 Å². The van der Waals surface area contributed by atoms with Gasteiger partial charge in [0, 0.05) is 18.2 Å². The molecule has 3 rings (SSSR count). The number of amides is 1. The van der Waals surface area contributed by atoms with Gasteiger partial charge in [0.2, 0.25) is 11.8 Å². The smallest absolute Gasteiger partial charge is 0.254 e. The average molecular weight is 377 g/mol. The second-order valence-electron chi connectivity index (χ2n) is 8.31. The second-order valence-corrected chi connectivity index (χ2v) is 8.31. The molecule has 0 bridgehead atoms. The molecule has 0 fully saturated rings. The largest absolute Gasteiger partial charge is 0.419 e. The van der Waals surface area contributed by atoms with Crippen molar-refractivity contribution in [1.82, 2.24) is 15.1 Å². The number of nitrogens with zero attached hydrogens (tertiary/aromatic N) is 3. The van der Waals surface area contributed by atoms with Gasteiger partial charge in [-0.1, -0.05) is 50.6 Å². The number of carbonyl (C=O) groups excluding carboxylic acids is 1. The summed E-state index contributed by atoms with van der Waals surface area (Å²) in [5.74, 6) is 0.814. The maximum absolute atomic E-state index is 12.8. The molecule has 1 amide bonds. The van der Waals surface area contributed by atoms with E-state index >= 15 is 0 Å². The Kier molecular flexibility index (Phi) is 5.36. The fourth-order valence-corrected chi connectivity index (χ4v) is 2.99. The first-order valence-electron chi connectivity index (χ1n) is 9.41. The molecule has 5 heteroatoms. The summed E-state index contributed by atoms with van der Waals surface area (Å²) in [5.41, 5.74) is 4.91. The molecule has 0 unspecified atom stereocenters. The van der Waals surface area contributed by atoms with Crippen LogP contribution < -0.4 is 0 Å². The van der Waals surface area contributed by atoms with Crippen molar-refractivity contribution in [3.8, 4) is 11.5 Å². The molecule has 0 aliphatic heterocycles. The summed E-state index contributed by atoms with van der Waals surface area (Å²) in [6.45, 7) is 10.7. The van der Waals surface area contributed by atoms with Gasteiger partial charge < -0.3 is 9.32 Å². The summed E-state index contributed by atoms with van der Waals surface area (Å²) < 4.78 is 5.79. The first kappa shape index (κ1) is 19.8. The molecule has 0 aliphatic rings. The van der Waals surface area contributed by atoms with Crippen LogP contribution in [0.15, 0.2) is 46.9 Å². The highest BCUT2D eigenvalue weighted by atomic mass is 16.4. The minimum atomic E-state index is -0.0597. The first-order chi connectivity index (χ1) is 13.1. The summed E-state index contributed by atoms with van der Waals surface area (Å²) in [7, 11) is 1.74. The van der Waals surface area contributed by atoms with E-state index in [1.807, 2.05) is 44.2 Å². The first-order valence-corrected chi connectivity index (χ1v) is 9.41. The van der Waals surface area contributed by atoms with Gasteiger partial charge in [-0.2, -0.15) is 0 Å². The molecule has 5 nitrogen and oxygen atoms in total. The Morgan fingerprint density at radius 1 is 1.04 bits per heavy atom. The van der Waals surface area contributed by atoms with Crippen molar-refractivity contribution in [2.45, 2.75) is 46.6 Å². The van der Waals surface area contributed by atoms with Crippen molar-refractivity contribution in [2.75, 3.05) is 7.05 Å². The summed E-state index contributed by atoms with van der Waals surface area (Å²) in [6, 6.07) is 14.0. The van der Waals surface area contributed by atoms with Crippen molar-refractivity contribution in [2.24, 2.45) is 0 Å². The van der Waals surface area contributed by atoms with E-state index in [0.29, 0.717) is 17.3 Å². The highest BCUT2D eigenvalue weighted by Crippen LogP contribution is 2.25. The van der Waals surface area contributed by atoms with E-state index < -0.39 is 0 Å². The quantitative estimate of drug-likeness (QED) is 0.647. The van der Waals surface area contributed by atoms with Crippen molar-refractivity contribution in [3.05, 3.63) is 70.6 Å². The zero-order chi connectivity index (χ0) is 20.5. The average Bonchev–Trinajstić information content (AvgIpc) is 3.11. The van der Waals surface area contributed by atoms with Crippen LogP contribution >= 0.6 is 0 Å². The highest BCUT2D eigenvalue weighted by molar-refractivity contribution is 5.95. The number of carbonyl (C=O) groups is 1. The van der Waals surface area contributed by atoms with Crippen molar-refractivity contribution >= 4 is 5.91 Å². The number of aryl methyl sites for hydroxylation is 2. The minimum absolute atomic E-state index is 0.0597. The van der Waals surface area contributed by atoms with E-state index in [2.05, 4.69) is 43.1 Å². The van der Waals surface area contributed by atoms with Crippen LogP contribution in [0.3, 0.4) is 0 Å². The van der Waals surface area contributed by atoms with E-state index in [4.69, 9.17) is 4.42 Å². The minimum Gasteiger partial charge on any atom is -0.419 e. The van der Waals surface area contributed by atoms with E-state index in [-0.39, 0.29) is 17.9 Å². The van der Waals surface area contributed by atoms with Gasteiger partial charge in [-0.05, 0) is 48.6 Å². The lowest BCUT2D eigenvalue weighted by Crippen LogP contribution is -2.27. The second kappa shape index (κ2) is 7.58. The Hall–Kier alpha value is -2.95. The number of hydrogen-bond donors (Lipinski definition) is 0. The summed E-state index contributed by atoms with van der Waals surface area (Å²) in [4.78, 5) is 14.4. The lowest BCUT2D eigenvalue weighted by atomic mass is 9.87. The van der Waals surface area contributed by atoms with Crippen LogP contribution in [0.4, 0.5) is 0 Å². The standard InChI is InChI=1S/C23H27N3O2/c1-15-7-8-16(2)19(13-15)22(27)26(6)14-20-24-25-21(28-20)17-9-11-18(12-10-17)23(3,4)5/h7-13H,14H2,1-6H3. The third kappa shape index (κ3) is 4.30. The fourth-order valence-electron chi connectivity index (χ4n) is 2.99. The molecule has 146 valence electrons. The van der Waals surface area contributed by atoms with Gasteiger partial charge >= 0.3 is 0 Å². The van der Waals surface area contributed by atoms with Crippen molar-refractivity contribution in [3.63, 3.8) is 0 Å². The summed E-state index contributed by atoms with van der Waals surface area (Å²) >= 11 is 0. The molecule has 0 atom stereocenters. The highest BCUT2D eigenvalue weighted by Gasteiger charge is 2.18. The van der Waals surface area contributed by atoms with Crippen LogP contribution in [0.1, 0.15) is 53.7 Å². The maximum Gasteiger partial charge on any atom is 0.254 e. The number of rotatable bonds is 4. The molecule has 0 aliphatic carbocycles. The molecule has 1 aromatic heterocycles. The van der Waals surface area contributed by atoms with Gasteiger partial charge in [0.15, 0.2) is 0 Å². The molecule has 0 spiro atoms. The van der Waals surface area contributed by atoms with Gasteiger partial charge in [0.05, 0.1) is 6.54 Å². The normalized spacial score (nSPS) is 11.5. The Labute approximate surface area is 166 Å². The molecule has 0 N–H and O–H groups in total. The molecule has 2 aromatic carbocycles. The Bertz CT molecular complexity index is 982.